The Labute approximate surface area is 166 Å². The summed E-state index contributed by atoms with van der Waals surface area (Å²) in [6.07, 6.45) is 0.320. The lowest BCUT2D eigenvalue weighted by Gasteiger charge is -2.18. The molecule has 5 nitrogen and oxygen atoms in total. The van der Waals surface area contributed by atoms with Gasteiger partial charge >= 0.3 is 0 Å². The lowest BCUT2D eigenvalue weighted by atomic mass is 9.98. The zero-order valence-electron chi connectivity index (χ0n) is 15.0. The molecule has 0 unspecified atom stereocenters. The Balaban J connectivity index is 1.92. The Bertz CT molecular complexity index is 783. The third-order valence-corrected chi connectivity index (χ3v) is 4.75. The summed E-state index contributed by atoms with van der Waals surface area (Å²) in [5.74, 6) is -1.30. The van der Waals surface area contributed by atoms with Crippen molar-refractivity contribution in [3.8, 4) is 0 Å². The summed E-state index contributed by atoms with van der Waals surface area (Å²) in [4.78, 5) is 24.4. The highest BCUT2D eigenvalue weighted by atomic mass is 79.9. The average molecular weight is 436 g/mol. The fourth-order valence-corrected chi connectivity index (χ4v) is 3.04. The molecule has 0 fully saturated rings. The summed E-state index contributed by atoms with van der Waals surface area (Å²) in [6.45, 7) is 0.159. The fourth-order valence-electron chi connectivity index (χ4n) is 2.78. The molecular weight excluding hydrogens is 413 g/mol. The number of benzene rings is 2. The molecule has 0 bridgehead atoms. The Morgan fingerprint density at radius 2 is 1.81 bits per heavy atom. The average Bonchev–Trinajstić information content (AvgIpc) is 2.64. The number of hydrogen-bond acceptors (Lipinski definition) is 3. The monoisotopic (exact) mass is 435 g/mol. The third-order valence-electron chi connectivity index (χ3n) is 4.23. The van der Waals surface area contributed by atoms with Gasteiger partial charge in [0, 0.05) is 30.5 Å². The molecule has 0 radical (unpaired) electrons. The number of halogens is 2. The Morgan fingerprint density at radius 3 is 2.44 bits per heavy atom. The van der Waals surface area contributed by atoms with E-state index in [1.165, 1.54) is 6.07 Å². The highest BCUT2D eigenvalue weighted by Gasteiger charge is 2.21. The summed E-state index contributed by atoms with van der Waals surface area (Å²) >= 11 is 3.36. The van der Waals surface area contributed by atoms with Crippen molar-refractivity contribution in [1.82, 2.24) is 10.6 Å². The SMILES string of the molecule is CNC(=O)[C@H](CNC(=O)C[C@H](N)Cc1ccccc1F)c1ccc(Br)cc1. The van der Waals surface area contributed by atoms with E-state index in [9.17, 15) is 14.0 Å². The molecule has 0 aliphatic rings. The lowest BCUT2D eigenvalue weighted by Crippen LogP contribution is -2.38. The van der Waals surface area contributed by atoms with Gasteiger partial charge < -0.3 is 16.4 Å². The Morgan fingerprint density at radius 1 is 1.15 bits per heavy atom. The molecule has 0 heterocycles. The van der Waals surface area contributed by atoms with Crippen molar-refractivity contribution in [2.75, 3.05) is 13.6 Å². The van der Waals surface area contributed by atoms with E-state index in [0.29, 0.717) is 5.56 Å². The molecule has 0 saturated heterocycles. The predicted octanol–water partition coefficient (Wildman–Crippen LogP) is 2.49. The van der Waals surface area contributed by atoms with Gasteiger partial charge in [-0.3, -0.25) is 9.59 Å². The van der Waals surface area contributed by atoms with Crippen molar-refractivity contribution < 1.29 is 14.0 Å². The molecule has 0 aromatic heterocycles. The second-order valence-corrected chi connectivity index (χ2v) is 7.20. The van der Waals surface area contributed by atoms with Crippen molar-refractivity contribution in [3.63, 3.8) is 0 Å². The maximum atomic E-state index is 13.7. The van der Waals surface area contributed by atoms with Gasteiger partial charge in [-0.2, -0.15) is 0 Å². The maximum Gasteiger partial charge on any atom is 0.229 e. The molecule has 27 heavy (non-hydrogen) atoms. The molecule has 2 aromatic rings. The van der Waals surface area contributed by atoms with Crippen LogP contribution >= 0.6 is 15.9 Å². The molecule has 4 N–H and O–H groups in total. The number of nitrogens with two attached hydrogens (primary N) is 1. The van der Waals surface area contributed by atoms with Crippen molar-refractivity contribution in [1.29, 1.82) is 0 Å². The molecule has 0 aliphatic carbocycles. The van der Waals surface area contributed by atoms with Gasteiger partial charge in [-0.05, 0) is 35.7 Å². The minimum absolute atomic E-state index is 0.0507. The first-order valence-corrected chi connectivity index (χ1v) is 9.42. The number of hydrogen-bond donors (Lipinski definition) is 3. The second kappa shape index (κ2) is 10.2. The number of likely N-dealkylation sites (N-methyl/N-ethyl adjacent to an activating group) is 1. The van der Waals surface area contributed by atoms with Crippen LogP contribution in [0.3, 0.4) is 0 Å². The largest absolute Gasteiger partial charge is 0.359 e. The zero-order valence-corrected chi connectivity index (χ0v) is 16.6. The zero-order chi connectivity index (χ0) is 19.8. The molecule has 0 aliphatic heterocycles. The van der Waals surface area contributed by atoms with Crippen molar-refractivity contribution in [2.24, 2.45) is 5.73 Å². The first-order valence-electron chi connectivity index (χ1n) is 8.63. The molecule has 2 rings (SSSR count). The predicted molar refractivity (Wildman–Crippen MR) is 107 cm³/mol. The van der Waals surface area contributed by atoms with E-state index in [1.54, 1.807) is 25.2 Å². The summed E-state index contributed by atoms with van der Waals surface area (Å²) in [5, 5.41) is 5.37. The van der Waals surface area contributed by atoms with Gasteiger partial charge in [0.25, 0.3) is 0 Å². The first-order chi connectivity index (χ1) is 12.9. The number of nitrogens with one attached hydrogen (secondary N) is 2. The van der Waals surface area contributed by atoms with Gasteiger partial charge in [0.05, 0.1) is 5.92 Å². The molecule has 2 amide bonds. The van der Waals surface area contributed by atoms with Crippen molar-refractivity contribution in [3.05, 3.63) is 69.9 Å². The van der Waals surface area contributed by atoms with Crippen LogP contribution in [0.15, 0.2) is 53.0 Å². The smallest absolute Gasteiger partial charge is 0.229 e. The lowest BCUT2D eigenvalue weighted by molar-refractivity contribution is -0.123. The van der Waals surface area contributed by atoms with Gasteiger partial charge in [0.15, 0.2) is 0 Å². The molecule has 2 aromatic carbocycles. The van der Waals surface area contributed by atoms with E-state index in [2.05, 4.69) is 26.6 Å². The summed E-state index contributed by atoms with van der Waals surface area (Å²) in [6, 6.07) is 13.2. The van der Waals surface area contributed by atoms with E-state index in [1.807, 2.05) is 24.3 Å². The highest BCUT2D eigenvalue weighted by molar-refractivity contribution is 9.10. The van der Waals surface area contributed by atoms with E-state index in [0.717, 1.165) is 10.0 Å². The number of carbonyl (C=O) groups excluding carboxylic acids is 2. The first kappa shape index (κ1) is 21.1. The summed E-state index contributed by atoms with van der Waals surface area (Å²) in [5.41, 5.74) is 7.27. The molecule has 0 saturated carbocycles. The van der Waals surface area contributed by atoms with Crippen LogP contribution in [0.5, 0.6) is 0 Å². The van der Waals surface area contributed by atoms with Gasteiger partial charge in [-0.25, -0.2) is 4.39 Å². The van der Waals surface area contributed by atoms with Crippen molar-refractivity contribution in [2.45, 2.75) is 24.8 Å². The summed E-state index contributed by atoms with van der Waals surface area (Å²) < 4.78 is 14.6. The van der Waals surface area contributed by atoms with Crippen LogP contribution in [0, 0.1) is 5.82 Å². The van der Waals surface area contributed by atoms with Crippen LogP contribution in [0.25, 0.3) is 0 Å². The topological polar surface area (TPSA) is 84.2 Å². The third kappa shape index (κ3) is 6.45. The second-order valence-electron chi connectivity index (χ2n) is 6.28. The highest BCUT2D eigenvalue weighted by Crippen LogP contribution is 2.19. The molecule has 0 spiro atoms. The Hall–Kier alpha value is -2.25. The van der Waals surface area contributed by atoms with Crippen LogP contribution < -0.4 is 16.4 Å². The van der Waals surface area contributed by atoms with Gasteiger partial charge in [-0.1, -0.05) is 46.3 Å². The number of carbonyl (C=O) groups is 2. The van der Waals surface area contributed by atoms with E-state index in [-0.39, 0.29) is 37.0 Å². The van der Waals surface area contributed by atoms with E-state index >= 15 is 0 Å². The van der Waals surface area contributed by atoms with E-state index in [4.69, 9.17) is 5.73 Å². The number of amides is 2. The van der Waals surface area contributed by atoms with Crippen LogP contribution in [-0.2, 0) is 16.0 Å². The minimum atomic E-state index is -0.506. The molecule has 7 heteroatoms. The number of rotatable bonds is 8. The maximum absolute atomic E-state index is 13.7. The van der Waals surface area contributed by atoms with E-state index < -0.39 is 12.0 Å². The standard InChI is InChI=1S/C20H23BrFN3O2/c1-24-20(27)17(13-6-8-15(21)9-7-13)12-25-19(26)11-16(23)10-14-4-2-3-5-18(14)22/h2-9,16-17H,10-12,23H2,1H3,(H,24,27)(H,25,26)/t16-,17-/m1/s1. The molecule has 2 atom stereocenters. The fraction of sp³-hybridized carbons (Fsp3) is 0.300. The molecular formula is C20H23BrFN3O2. The van der Waals surface area contributed by atoms with Crippen LogP contribution in [-0.4, -0.2) is 31.4 Å². The quantitative estimate of drug-likeness (QED) is 0.595. The van der Waals surface area contributed by atoms with Gasteiger partial charge in [-0.15, -0.1) is 0 Å². The Kier molecular flexibility index (Phi) is 7.94. The van der Waals surface area contributed by atoms with Crippen molar-refractivity contribution >= 4 is 27.7 Å². The molecule has 144 valence electrons. The minimum Gasteiger partial charge on any atom is -0.359 e. The van der Waals surface area contributed by atoms with Gasteiger partial charge in [0.2, 0.25) is 11.8 Å². The van der Waals surface area contributed by atoms with Crippen LogP contribution in [0.1, 0.15) is 23.5 Å². The van der Waals surface area contributed by atoms with Gasteiger partial charge in [0.1, 0.15) is 5.82 Å². The summed E-state index contributed by atoms with van der Waals surface area (Å²) in [7, 11) is 1.56. The van der Waals surface area contributed by atoms with Crippen LogP contribution in [0.4, 0.5) is 4.39 Å². The van der Waals surface area contributed by atoms with Crippen LogP contribution in [0.2, 0.25) is 0 Å². The normalized spacial score (nSPS) is 12.9.